The van der Waals surface area contributed by atoms with Gasteiger partial charge in [-0.2, -0.15) is 45.9 Å². The largest absolute Gasteiger partial charge is 0.416 e. The number of carbonyl (C=O) groups is 2. The van der Waals surface area contributed by atoms with Gasteiger partial charge in [0, 0.05) is 126 Å². The normalized spacial score (nSPS) is 14.7. The minimum atomic E-state index is -4.59. The van der Waals surface area contributed by atoms with Crippen molar-refractivity contribution < 1.29 is 45.4 Å². The molecule has 0 spiro atoms. The van der Waals surface area contributed by atoms with Gasteiger partial charge in [0.25, 0.3) is 11.8 Å². The summed E-state index contributed by atoms with van der Waals surface area (Å²) in [6.45, 7) is 10.7. The second-order valence-corrected chi connectivity index (χ2v) is 20.7. The first-order valence-electron chi connectivity index (χ1n) is 27.0. The summed E-state index contributed by atoms with van der Waals surface area (Å²) < 4.78 is 96.3. The van der Waals surface area contributed by atoms with E-state index in [1.165, 1.54) is 24.8 Å². The zero-order valence-electron chi connectivity index (χ0n) is 47.9. The first-order valence-corrected chi connectivity index (χ1v) is 27.0. The fourth-order valence-corrected chi connectivity index (χ4v) is 9.68. The Morgan fingerprint density at radius 1 is 0.553 bits per heavy atom. The van der Waals surface area contributed by atoms with Crippen LogP contribution >= 0.6 is 0 Å². The van der Waals surface area contributed by atoms with Gasteiger partial charge in [0.15, 0.2) is 11.6 Å². The van der Waals surface area contributed by atoms with E-state index >= 15 is 0 Å². The van der Waals surface area contributed by atoms with Crippen LogP contribution in [0.4, 0.5) is 72.4 Å². The van der Waals surface area contributed by atoms with Gasteiger partial charge in [0.2, 0.25) is 0 Å². The molecule has 6 heterocycles. The lowest BCUT2D eigenvalue weighted by atomic mass is 10.0. The van der Waals surface area contributed by atoms with Crippen LogP contribution in [0, 0.1) is 27.7 Å². The molecular formula is C59H64F6N16O4. The Morgan fingerprint density at radius 3 is 1.40 bits per heavy atom. The van der Waals surface area contributed by atoms with Crippen LogP contribution in [0.5, 0.6) is 0 Å². The molecule has 1 unspecified atom stereocenters. The highest BCUT2D eigenvalue weighted by Gasteiger charge is 2.34. The zero-order valence-corrected chi connectivity index (χ0v) is 47.9. The minimum Gasteiger partial charge on any atom is -0.380 e. The van der Waals surface area contributed by atoms with Crippen molar-refractivity contribution in [1.29, 1.82) is 0 Å². The highest BCUT2D eigenvalue weighted by atomic mass is 19.4. The molecule has 2 fully saturated rings. The van der Waals surface area contributed by atoms with Gasteiger partial charge >= 0.3 is 12.4 Å². The zero-order chi connectivity index (χ0) is 60.7. The predicted molar refractivity (Wildman–Crippen MR) is 311 cm³/mol. The fourth-order valence-electron chi connectivity index (χ4n) is 9.68. The average Bonchev–Trinajstić information content (AvgIpc) is 3.51. The van der Waals surface area contributed by atoms with E-state index in [0.717, 1.165) is 53.2 Å². The Bertz CT molecular complexity index is 3700. The molecule has 0 aliphatic carbocycles. The fraction of sp³-hybridized carbons (Fsp3) is 0.322. The van der Waals surface area contributed by atoms with Crippen molar-refractivity contribution in [2.24, 2.45) is 0 Å². The monoisotopic (exact) mass is 1170 g/mol. The number of aromatic nitrogens is 8. The van der Waals surface area contributed by atoms with Crippen molar-refractivity contribution in [3.63, 3.8) is 0 Å². The maximum atomic E-state index is 13.8. The number of nitrogens with one attached hydrogen (secondary N) is 6. The van der Waals surface area contributed by atoms with Crippen molar-refractivity contribution in [2.75, 3.05) is 86.4 Å². The summed E-state index contributed by atoms with van der Waals surface area (Å²) in [5, 5.41) is 27.2. The number of hydrogen-bond donors (Lipinski definition) is 6. The van der Waals surface area contributed by atoms with Crippen molar-refractivity contribution in [3.05, 3.63) is 166 Å². The number of benzene rings is 4. The number of rotatable bonds is 18. The summed E-state index contributed by atoms with van der Waals surface area (Å²) in [4.78, 5) is 47.4. The molecular weight excluding hydrogens is 1110 g/mol. The number of ether oxygens (including phenoxy) is 2. The van der Waals surface area contributed by atoms with Gasteiger partial charge in [-0.05, 0) is 117 Å². The first kappa shape index (κ1) is 60.6. The number of hydrogen-bond acceptors (Lipinski definition) is 16. The van der Waals surface area contributed by atoms with Gasteiger partial charge in [-0.3, -0.25) is 19.4 Å². The highest BCUT2D eigenvalue weighted by molar-refractivity contribution is 6.05. The molecule has 6 N–H and O–H groups in total. The third kappa shape index (κ3) is 15.2. The van der Waals surface area contributed by atoms with Gasteiger partial charge < -0.3 is 41.4 Å². The number of carbonyl (C=O) groups excluding carboxylic acids is 2. The van der Waals surface area contributed by atoms with Gasteiger partial charge in [-0.1, -0.05) is 12.1 Å². The summed E-state index contributed by atoms with van der Waals surface area (Å²) in [5.41, 5.74) is 4.39. The van der Waals surface area contributed by atoms with Crippen LogP contribution in [-0.4, -0.2) is 128 Å². The lowest BCUT2D eigenvalue weighted by Crippen LogP contribution is -2.50. The summed E-state index contributed by atoms with van der Waals surface area (Å²) in [6, 6.07) is 24.6. The molecule has 4 aromatic carbocycles. The third-order valence-corrected chi connectivity index (χ3v) is 14.2. The molecule has 2 saturated heterocycles. The van der Waals surface area contributed by atoms with Crippen molar-refractivity contribution >= 4 is 57.8 Å². The van der Waals surface area contributed by atoms with Gasteiger partial charge in [-0.15, -0.1) is 0 Å². The SMILES string of the molecule is CNc1cc(-n2nc(C)cc2Nc2cc(NC(=O)c3cc(CN4CC(OC)C4)cc(C(F)(F)F)c3)ccc2C)ncn1.CNc1cc(-n2nc(C)cc2Nc2cc(NC(=O)c3cc(CN4CCC(OC)C4)cc(C(F)(F)F)c3)ccc2C)ncn1. The maximum absolute atomic E-state index is 13.8. The van der Waals surface area contributed by atoms with E-state index in [0.29, 0.717) is 95.0 Å². The van der Waals surface area contributed by atoms with Gasteiger partial charge in [0.05, 0.1) is 34.7 Å². The molecule has 2 amide bonds. The Kier molecular flexibility index (Phi) is 18.5. The van der Waals surface area contributed by atoms with E-state index in [-0.39, 0.29) is 36.4 Å². The van der Waals surface area contributed by atoms with E-state index in [1.54, 1.807) is 74.1 Å². The molecule has 26 heteroatoms. The van der Waals surface area contributed by atoms with E-state index in [1.807, 2.05) is 61.8 Å². The first-order chi connectivity index (χ1) is 40.5. The van der Waals surface area contributed by atoms with E-state index in [9.17, 15) is 35.9 Å². The number of aryl methyl sites for hydroxylation is 4. The van der Waals surface area contributed by atoms with Crippen LogP contribution in [0.1, 0.15) is 71.9 Å². The molecule has 4 aromatic heterocycles. The van der Waals surface area contributed by atoms with Crippen molar-refractivity contribution in [3.8, 4) is 11.6 Å². The maximum Gasteiger partial charge on any atom is 0.416 e. The van der Waals surface area contributed by atoms with Gasteiger partial charge in [0.1, 0.15) is 35.9 Å². The van der Waals surface area contributed by atoms with E-state index in [4.69, 9.17) is 9.47 Å². The molecule has 0 radical (unpaired) electrons. The van der Waals surface area contributed by atoms with Crippen LogP contribution in [0.3, 0.4) is 0 Å². The molecule has 2 aliphatic heterocycles. The number of anilines is 8. The van der Waals surface area contributed by atoms with E-state index in [2.05, 4.69) is 62.0 Å². The molecule has 8 aromatic rings. The van der Waals surface area contributed by atoms with Crippen molar-refractivity contribution in [2.45, 2.75) is 71.8 Å². The number of halogens is 6. The highest BCUT2D eigenvalue weighted by Crippen LogP contribution is 2.35. The summed E-state index contributed by atoms with van der Waals surface area (Å²) >= 11 is 0. The Balaban J connectivity index is 0.000000204. The minimum absolute atomic E-state index is 0.0484. The topological polar surface area (TPSA) is 218 Å². The predicted octanol–water partition coefficient (Wildman–Crippen LogP) is 10.7. The number of methoxy groups -OCH3 is 2. The summed E-state index contributed by atoms with van der Waals surface area (Å²) in [5.74, 6) is 2.32. The molecule has 85 heavy (non-hydrogen) atoms. The number of amides is 2. The molecule has 10 rings (SSSR count). The third-order valence-electron chi connectivity index (χ3n) is 14.2. The second-order valence-electron chi connectivity index (χ2n) is 20.7. The Morgan fingerprint density at radius 2 is 0.988 bits per heavy atom. The number of alkyl halides is 6. The van der Waals surface area contributed by atoms with Crippen LogP contribution < -0.4 is 31.9 Å². The molecule has 446 valence electrons. The van der Waals surface area contributed by atoms with Crippen LogP contribution in [0.2, 0.25) is 0 Å². The standard InChI is InChI=1S/C30H33F3N8O2.C29H31F3N8O2/c1-18-5-6-23(13-25(18)38-28-9-19(2)39-41(28)27-14-26(34-3)35-17-36-27)37-29(42)21-10-20(11-22(12-21)30(31,32)33)15-40-8-7-24(16-40)43-4;1-17-5-6-22(11-24(17)37-27-7-18(2)38-40(27)26-12-25(33-3)34-16-35-26)36-28(41)20-8-19(9-21(10-20)29(30,31)32)13-39-14-23(15-39)42-4/h5-6,9-14,17,24,38H,7-8,15-16H2,1-4H3,(H,37,42)(H,34,35,36);5-12,16,23,37H,13-15H2,1-4H3,(H,36,41)(H,33,34,35). The molecule has 2 aliphatic rings. The second kappa shape index (κ2) is 25.9. The van der Waals surface area contributed by atoms with Crippen molar-refractivity contribution in [1.82, 2.24) is 49.3 Å². The molecule has 0 bridgehead atoms. The Labute approximate surface area is 486 Å². The lowest BCUT2D eigenvalue weighted by molar-refractivity contribution is -0.138. The van der Waals surface area contributed by atoms with Crippen LogP contribution in [0.25, 0.3) is 11.6 Å². The molecule has 20 nitrogen and oxygen atoms in total. The quantitative estimate of drug-likeness (QED) is 0.0440. The average molecular weight is 1180 g/mol. The lowest BCUT2D eigenvalue weighted by Gasteiger charge is -2.38. The number of nitrogens with zero attached hydrogens (tertiary/aromatic N) is 10. The van der Waals surface area contributed by atoms with Crippen LogP contribution in [-0.2, 0) is 34.9 Å². The molecule has 0 saturated carbocycles. The van der Waals surface area contributed by atoms with Crippen LogP contribution in [0.15, 0.2) is 110 Å². The summed E-state index contributed by atoms with van der Waals surface area (Å²) in [6.07, 6.45) is -5.39. The van der Waals surface area contributed by atoms with E-state index < -0.39 is 35.3 Å². The molecule has 1 atom stereocenters. The number of likely N-dealkylation sites (tertiary alicyclic amines) is 2. The summed E-state index contributed by atoms with van der Waals surface area (Å²) in [7, 11) is 6.74. The smallest absolute Gasteiger partial charge is 0.380 e. The Hall–Kier alpha value is -8.98. The van der Waals surface area contributed by atoms with Gasteiger partial charge in [-0.25, -0.2) is 19.9 Å².